The maximum atomic E-state index is 12.2. The van der Waals surface area contributed by atoms with Crippen LogP contribution in [0, 0.1) is 6.92 Å². The summed E-state index contributed by atoms with van der Waals surface area (Å²) >= 11 is 0. The summed E-state index contributed by atoms with van der Waals surface area (Å²) in [5, 5.41) is 17.6. The third-order valence-corrected chi connectivity index (χ3v) is 4.47. The first kappa shape index (κ1) is 17.8. The van der Waals surface area contributed by atoms with Crippen LogP contribution in [0.5, 0.6) is 11.5 Å². The first-order valence-corrected chi connectivity index (χ1v) is 8.49. The van der Waals surface area contributed by atoms with E-state index in [1.807, 2.05) is 0 Å². The minimum Gasteiger partial charge on any atom is -0.508 e. The predicted octanol–water partition coefficient (Wildman–Crippen LogP) is 1.44. The Morgan fingerprint density at radius 1 is 1.38 bits per heavy atom. The first-order chi connectivity index (χ1) is 11.1. The van der Waals surface area contributed by atoms with E-state index in [1.165, 1.54) is 20.1 Å². The normalized spacial score (nSPS) is 12.7. The highest BCUT2D eigenvalue weighted by atomic mass is 32.2. The van der Waals surface area contributed by atoms with Crippen molar-refractivity contribution in [1.29, 1.82) is 0 Å². The van der Waals surface area contributed by atoms with Crippen LogP contribution in [0.4, 0.5) is 0 Å². The number of hydrogen-bond acceptors (Lipinski definition) is 6. The molecule has 1 amide bonds. The number of aromatic hydroxyl groups is 1. The molecule has 4 N–H and O–H groups in total. The lowest BCUT2D eigenvalue weighted by Gasteiger charge is -2.15. The molecule has 0 saturated heterocycles. The van der Waals surface area contributed by atoms with Crippen molar-refractivity contribution >= 4 is 15.9 Å². The fourth-order valence-electron chi connectivity index (χ4n) is 2.21. The van der Waals surface area contributed by atoms with Gasteiger partial charge in [-0.3, -0.25) is 4.79 Å². The first-order valence-electron chi connectivity index (χ1n) is 6.94. The summed E-state index contributed by atoms with van der Waals surface area (Å²) in [5.74, 6) is -0.285. The lowest BCUT2D eigenvalue weighted by molar-refractivity contribution is 0.0910. The van der Waals surface area contributed by atoms with Gasteiger partial charge in [0.25, 0.3) is 5.91 Å². The number of benzene rings is 1. The largest absolute Gasteiger partial charge is 0.508 e. The van der Waals surface area contributed by atoms with E-state index < -0.39 is 22.0 Å². The molecule has 1 atom stereocenters. The zero-order valence-electron chi connectivity index (χ0n) is 13.4. The fourth-order valence-corrected chi connectivity index (χ4v) is 2.93. The van der Waals surface area contributed by atoms with Gasteiger partial charge in [-0.2, -0.15) is 0 Å². The van der Waals surface area contributed by atoms with Crippen LogP contribution in [-0.4, -0.2) is 26.5 Å². The average Bonchev–Trinajstić information content (AvgIpc) is 2.90. The number of primary sulfonamides is 1. The Balaban J connectivity index is 2.24. The molecular weight excluding hydrogens is 336 g/mol. The highest BCUT2D eigenvalue weighted by molar-refractivity contribution is 7.89. The quantitative estimate of drug-likeness (QED) is 0.744. The monoisotopic (exact) mass is 354 g/mol. The van der Waals surface area contributed by atoms with Gasteiger partial charge < -0.3 is 19.6 Å². The Morgan fingerprint density at radius 2 is 2.04 bits per heavy atom. The van der Waals surface area contributed by atoms with Crippen LogP contribution in [0.15, 0.2) is 33.6 Å². The number of furan rings is 1. The molecule has 0 fully saturated rings. The molecule has 1 aromatic carbocycles. The molecule has 0 spiro atoms. The lowest BCUT2D eigenvalue weighted by atomic mass is 10.1. The molecule has 9 heteroatoms. The summed E-state index contributed by atoms with van der Waals surface area (Å²) in [7, 11) is -2.49. The number of phenolic OH excluding ortho intramolecular Hbond substituents is 1. The standard InChI is InChI=1S/C15H18N2O6S/c1-8(11-6-10(22-3)4-5-12(11)18)17-15(19)13-7-14(9(2)23-13)24(16,20)21/h4-8,18H,1-3H3,(H,17,19)(H2,16,20,21). The van der Waals surface area contributed by atoms with Gasteiger partial charge >= 0.3 is 0 Å². The molecule has 0 aliphatic rings. The molecule has 0 bridgehead atoms. The smallest absolute Gasteiger partial charge is 0.287 e. The van der Waals surface area contributed by atoms with E-state index in [2.05, 4.69) is 5.32 Å². The number of aryl methyl sites for hydroxylation is 1. The molecule has 0 saturated carbocycles. The van der Waals surface area contributed by atoms with Crippen molar-refractivity contribution in [2.24, 2.45) is 5.14 Å². The van der Waals surface area contributed by atoms with E-state index >= 15 is 0 Å². The second kappa shape index (κ2) is 6.54. The van der Waals surface area contributed by atoms with Gasteiger partial charge in [-0.15, -0.1) is 0 Å². The summed E-state index contributed by atoms with van der Waals surface area (Å²) in [6.45, 7) is 3.05. The van der Waals surface area contributed by atoms with E-state index in [9.17, 15) is 18.3 Å². The van der Waals surface area contributed by atoms with Crippen LogP contribution < -0.4 is 15.2 Å². The molecule has 8 nitrogen and oxygen atoms in total. The minimum absolute atomic E-state index is 0.00977. The summed E-state index contributed by atoms with van der Waals surface area (Å²) in [6.07, 6.45) is 0. The molecule has 0 aliphatic heterocycles. The molecule has 0 radical (unpaired) electrons. The highest BCUT2D eigenvalue weighted by Gasteiger charge is 2.23. The van der Waals surface area contributed by atoms with Crippen LogP contribution in [0.1, 0.15) is 34.8 Å². The summed E-state index contributed by atoms with van der Waals surface area (Å²) in [4.78, 5) is 12.0. The molecular formula is C15H18N2O6S. The van der Waals surface area contributed by atoms with Crippen LogP contribution in [0.25, 0.3) is 0 Å². The predicted molar refractivity (Wildman–Crippen MR) is 85.4 cm³/mol. The summed E-state index contributed by atoms with van der Waals surface area (Å²) in [6, 6.07) is 5.12. The van der Waals surface area contributed by atoms with Crippen LogP contribution in [0.3, 0.4) is 0 Å². The number of sulfonamides is 1. The van der Waals surface area contributed by atoms with Gasteiger partial charge in [0.15, 0.2) is 5.76 Å². The number of nitrogens with two attached hydrogens (primary N) is 1. The highest BCUT2D eigenvalue weighted by Crippen LogP contribution is 2.28. The van der Waals surface area contributed by atoms with Crippen molar-refractivity contribution in [3.05, 3.63) is 41.3 Å². The van der Waals surface area contributed by atoms with Crippen molar-refractivity contribution in [1.82, 2.24) is 5.32 Å². The number of phenols is 1. The van der Waals surface area contributed by atoms with E-state index in [0.29, 0.717) is 11.3 Å². The maximum Gasteiger partial charge on any atom is 0.287 e. The van der Waals surface area contributed by atoms with E-state index in [0.717, 1.165) is 6.07 Å². The molecule has 2 rings (SSSR count). The Bertz CT molecular complexity index is 872. The minimum atomic E-state index is -3.97. The maximum absolute atomic E-state index is 12.2. The number of amides is 1. The van der Waals surface area contributed by atoms with E-state index in [1.54, 1.807) is 19.1 Å². The SMILES string of the molecule is COc1ccc(O)c(C(C)NC(=O)c2cc(S(N)(=O)=O)c(C)o2)c1. The topological polar surface area (TPSA) is 132 Å². The van der Waals surface area contributed by atoms with Crippen LogP contribution >= 0.6 is 0 Å². The van der Waals surface area contributed by atoms with E-state index in [4.69, 9.17) is 14.3 Å². The van der Waals surface area contributed by atoms with Gasteiger partial charge in [0.05, 0.1) is 13.2 Å². The third-order valence-electron chi connectivity index (χ3n) is 3.45. The van der Waals surface area contributed by atoms with Crippen molar-refractivity contribution in [3.63, 3.8) is 0 Å². The Labute approximate surface area is 139 Å². The number of ether oxygens (including phenoxy) is 1. The van der Waals surface area contributed by atoms with Crippen LogP contribution in [0.2, 0.25) is 0 Å². The molecule has 130 valence electrons. The van der Waals surface area contributed by atoms with Crippen molar-refractivity contribution in [2.45, 2.75) is 24.8 Å². The van der Waals surface area contributed by atoms with Gasteiger partial charge in [-0.25, -0.2) is 13.6 Å². The molecule has 0 aliphatic carbocycles. The lowest BCUT2D eigenvalue weighted by Crippen LogP contribution is -2.26. The second-order valence-corrected chi connectivity index (χ2v) is 6.73. The molecule has 24 heavy (non-hydrogen) atoms. The van der Waals surface area contributed by atoms with Gasteiger partial charge in [0.1, 0.15) is 22.2 Å². The van der Waals surface area contributed by atoms with Crippen molar-refractivity contribution < 1.29 is 27.5 Å². The number of carbonyl (C=O) groups excluding carboxylic acids is 1. The number of carbonyl (C=O) groups is 1. The zero-order chi connectivity index (χ0) is 18.1. The average molecular weight is 354 g/mol. The molecule has 2 aromatic rings. The van der Waals surface area contributed by atoms with Crippen molar-refractivity contribution in [3.8, 4) is 11.5 Å². The molecule has 1 heterocycles. The van der Waals surface area contributed by atoms with Gasteiger partial charge in [-0.05, 0) is 32.0 Å². The Kier molecular flexibility index (Phi) is 4.86. The number of nitrogens with one attached hydrogen (secondary N) is 1. The van der Waals surface area contributed by atoms with Gasteiger partial charge in [0.2, 0.25) is 10.0 Å². The van der Waals surface area contributed by atoms with Crippen LogP contribution in [-0.2, 0) is 10.0 Å². The van der Waals surface area contributed by atoms with Crippen molar-refractivity contribution in [2.75, 3.05) is 7.11 Å². The van der Waals surface area contributed by atoms with E-state index in [-0.39, 0.29) is 22.2 Å². The number of rotatable bonds is 5. The summed E-state index contributed by atoms with van der Waals surface area (Å²) < 4.78 is 33.0. The Morgan fingerprint density at radius 3 is 2.58 bits per heavy atom. The zero-order valence-corrected chi connectivity index (χ0v) is 14.2. The second-order valence-electron chi connectivity index (χ2n) is 5.20. The van der Waals surface area contributed by atoms with Gasteiger partial charge in [0, 0.05) is 11.6 Å². The van der Waals surface area contributed by atoms with Gasteiger partial charge in [-0.1, -0.05) is 0 Å². The summed E-state index contributed by atoms with van der Waals surface area (Å²) in [5.41, 5.74) is 0.442. The number of hydrogen-bond donors (Lipinski definition) is 3. The fraction of sp³-hybridized carbons (Fsp3) is 0.267. The molecule has 1 aromatic heterocycles. The third kappa shape index (κ3) is 3.69. The number of methoxy groups -OCH3 is 1. The molecule has 1 unspecified atom stereocenters. The Hall–Kier alpha value is -2.52.